The SMILES string of the molecule is CC(CS(C)=O)Nc1nccn(C2CC2)c1=O. The lowest BCUT2D eigenvalue weighted by molar-refractivity contribution is 0.680. The molecule has 0 aliphatic heterocycles. The molecule has 0 radical (unpaired) electrons. The lowest BCUT2D eigenvalue weighted by Gasteiger charge is -2.13. The van der Waals surface area contributed by atoms with E-state index < -0.39 is 10.8 Å². The summed E-state index contributed by atoms with van der Waals surface area (Å²) < 4.78 is 12.8. The van der Waals surface area contributed by atoms with Crippen molar-refractivity contribution in [3.8, 4) is 0 Å². The Bertz CT molecular complexity index is 482. The van der Waals surface area contributed by atoms with Crippen LogP contribution in [-0.4, -0.2) is 31.8 Å². The van der Waals surface area contributed by atoms with Crippen LogP contribution < -0.4 is 10.9 Å². The predicted octanol–water partition coefficient (Wildman–Crippen LogP) is 0.757. The van der Waals surface area contributed by atoms with Crippen LogP contribution in [0.1, 0.15) is 25.8 Å². The van der Waals surface area contributed by atoms with Crippen LogP contribution in [0.2, 0.25) is 0 Å². The van der Waals surface area contributed by atoms with Gasteiger partial charge >= 0.3 is 0 Å². The van der Waals surface area contributed by atoms with Crippen LogP contribution in [0.15, 0.2) is 17.2 Å². The Labute approximate surface area is 103 Å². The van der Waals surface area contributed by atoms with E-state index in [4.69, 9.17) is 0 Å². The number of aromatic nitrogens is 2. The Morgan fingerprint density at radius 2 is 2.35 bits per heavy atom. The van der Waals surface area contributed by atoms with Crippen molar-refractivity contribution in [2.75, 3.05) is 17.3 Å². The molecule has 2 rings (SSSR count). The van der Waals surface area contributed by atoms with Gasteiger partial charge in [0.2, 0.25) is 0 Å². The van der Waals surface area contributed by atoms with Crippen molar-refractivity contribution < 1.29 is 4.21 Å². The highest BCUT2D eigenvalue weighted by Gasteiger charge is 2.25. The first-order valence-electron chi connectivity index (χ1n) is 5.71. The van der Waals surface area contributed by atoms with Crippen LogP contribution >= 0.6 is 0 Å². The molecule has 1 N–H and O–H groups in total. The van der Waals surface area contributed by atoms with Crippen LogP contribution in [0.3, 0.4) is 0 Å². The number of nitrogens with zero attached hydrogens (tertiary/aromatic N) is 2. The van der Waals surface area contributed by atoms with E-state index in [9.17, 15) is 9.00 Å². The smallest absolute Gasteiger partial charge is 0.293 e. The van der Waals surface area contributed by atoms with Gasteiger partial charge in [-0.15, -0.1) is 0 Å². The third-order valence-electron chi connectivity index (χ3n) is 2.68. The van der Waals surface area contributed by atoms with Crippen molar-refractivity contribution in [1.29, 1.82) is 0 Å². The second kappa shape index (κ2) is 5.00. The molecule has 0 bridgehead atoms. The molecule has 1 aliphatic rings. The summed E-state index contributed by atoms with van der Waals surface area (Å²) in [5.74, 6) is 0.872. The Morgan fingerprint density at radius 1 is 1.65 bits per heavy atom. The van der Waals surface area contributed by atoms with Gasteiger partial charge in [0.05, 0.1) is 0 Å². The molecule has 0 amide bonds. The quantitative estimate of drug-likeness (QED) is 0.843. The Morgan fingerprint density at radius 3 is 2.94 bits per heavy atom. The zero-order valence-electron chi connectivity index (χ0n) is 10.0. The van der Waals surface area contributed by atoms with E-state index in [1.54, 1.807) is 23.2 Å². The second-order valence-corrected chi connectivity index (χ2v) is 5.98. The molecule has 17 heavy (non-hydrogen) atoms. The van der Waals surface area contributed by atoms with Gasteiger partial charge < -0.3 is 9.88 Å². The molecule has 1 aromatic rings. The molecule has 94 valence electrons. The van der Waals surface area contributed by atoms with Crippen molar-refractivity contribution in [3.05, 3.63) is 22.7 Å². The van der Waals surface area contributed by atoms with Gasteiger partial charge in [0.15, 0.2) is 5.82 Å². The monoisotopic (exact) mass is 255 g/mol. The van der Waals surface area contributed by atoms with E-state index in [0.29, 0.717) is 17.6 Å². The molecule has 1 saturated carbocycles. The van der Waals surface area contributed by atoms with Gasteiger partial charge in [-0.2, -0.15) is 0 Å². The molecule has 1 heterocycles. The first-order chi connectivity index (χ1) is 8.08. The fourth-order valence-corrected chi connectivity index (χ4v) is 2.58. The summed E-state index contributed by atoms with van der Waals surface area (Å²) in [7, 11) is -0.877. The highest BCUT2D eigenvalue weighted by atomic mass is 32.2. The molecule has 2 unspecified atom stereocenters. The molecular weight excluding hydrogens is 238 g/mol. The van der Waals surface area contributed by atoms with Gasteiger partial charge in [-0.25, -0.2) is 4.98 Å². The Hall–Kier alpha value is -1.17. The van der Waals surface area contributed by atoms with Crippen LogP contribution in [0.4, 0.5) is 5.82 Å². The van der Waals surface area contributed by atoms with Crippen molar-refractivity contribution in [2.45, 2.75) is 31.8 Å². The molecule has 6 heteroatoms. The van der Waals surface area contributed by atoms with Gasteiger partial charge in [-0.1, -0.05) is 0 Å². The maximum Gasteiger partial charge on any atom is 0.293 e. The van der Waals surface area contributed by atoms with E-state index in [1.165, 1.54) is 0 Å². The van der Waals surface area contributed by atoms with E-state index >= 15 is 0 Å². The summed E-state index contributed by atoms with van der Waals surface area (Å²) in [5, 5.41) is 3.03. The van der Waals surface area contributed by atoms with Crippen LogP contribution in [0.25, 0.3) is 0 Å². The van der Waals surface area contributed by atoms with E-state index in [1.807, 2.05) is 6.92 Å². The van der Waals surface area contributed by atoms with Crippen molar-refractivity contribution in [1.82, 2.24) is 9.55 Å². The minimum Gasteiger partial charge on any atom is -0.362 e. The van der Waals surface area contributed by atoms with Crippen molar-refractivity contribution in [3.63, 3.8) is 0 Å². The summed E-state index contributed by atoms with van der Waals surface area (Å²) in [4.78, 5) is 16.1. The second-order valence-electron chi connectivity index (χ2n) is 4.50. The van der Waals surface area contributed by atoms with E-state index in [0.717, 1.165) is 12.8 Å². The Balaban J connectivity index is 2.13. The summed E-state index contributed by atoms with van der Waals surface area (Å²) in [6.45, 7) is 1.90. The Kier molecular flexibility index (Phi) is 3.61. The fraction of sp³-hybridized carbons (Fsp3) is 0.636. The van der Waals surface area contributed by atoms with E-state index in [-0.39, 0.29) is 11.6 Å². The highest BCUT2D eigenvalue weighted by Crippen LogP contribution is 2.33. The lowest BCUT2D eigenvalue weighted by Crippen LogP contribution is -2.30. The van der Waals surface area contributed by atoms with Gasteiger partial charge in [0.25, 0.3) is 5.56 Å². The topological polar surface area (TPSA) is 64.0 Å². The van der Waals surface area contributed by atoms with E-state index in [2.05, 4.69) is 10.3 Å². The molecule has 0 spiro atoms. The maximum absolute atomic E-state index is 12.0. The minimum atomic E-state index is -0.877. The van der Waals surface area contributed by atoms with Gasteiger partial charge in [-0.05, 0) is 19.8 Å². The largest absolute Gasteiger partial charge is 0.362 e. The summed E-state index contributed by atoms with van der Waals surface area (Å²) in [6.07, 6.45) is 7.15. The van der Waals surface area contributed by atoms with Gasteiger partial charge in [0.1, 0.15) is 0 Å². The molecule has 0 aromatic carbocycles. The summed E-state index contributed by atoms with van der Waals surface area (Å²) >= 11 is 0. The van der Waals surface area contributed by atoms with Crippen LogP contribution in [0.5, 0.6) is 0 Å². The summed E-state index contributed by atoms with van der Waals surface area (Å²) in [5.41, 5.74) is -0.0799. The standard InChI is InChI=1S/C11H17N3O2S/c1-8(7-17(2)16)13-10-11(15)14(6-5-12-10)9-3-4-9/h5-6,8-9H,3-4,7H2,1-2H3,(H,12,13). The van der Waals surface area contributed by atoms with Crippen molar-refractivity contribution in [2.24, 2.45) is 0 Å². The van der Waals surface area contributed by atoms with Gasteiger partial charge in [-0.3, -0.25) is 9.00 Å². The fourth-order valence-electron chi connectivity index (χ4n) is 1.79. The number of nitrogens with one attached hydrogen (secondary N) is 1. The van der Waals surface area contributed by atoms with Gasteiger partial charge in [0, 0.05) is 47.3 Å². The average molecular weight is 255 g/mol. The molecule has 1 aromatic heterocycles. The minimum absolute atomic E-state index is 0.0175. The van der Waals surface area contributed by atoms with Crippen LogP contribution in [0, 0.1) is 0 Å². The summed E-state index contributed by atoms with van der Waals surface area (Å²) in [6, 6.07) is 0.331. The van der Waals surface area contributed by atoms with Crippen molar-refractivity contribution >= 4 is 16.6 Å². The molecule has 1 fully saturated rings. The predicted molar refractivity (Wildman–Crippen MR) is 68.8 cm³/mol. The third kappa shape index (κ3) is 3.15. The molecule has 2 atom stereocenters. The average Bonchev–Trinajstić information content (AvgIpc) is 3.03. The lowest BCUT2D eigenvalue weighted by atomic mass is 10.4. The number of hydrogen-bond acceptors (Lipinski definition) is 4. The number of anilines is 1. The molecule has 1 aliphatic carbocycles. The molecule has 5 nitrogen and oxygen atoms in total. The maximum atomic E-state index is 12.0. The molecule has 0 saturated heterocycles. The van der Waals surface area contributed by atoms with Crippen LogP contribution in [-0.2, 0) is 10.8 Å². The normalized spacial score (nSPS) is 18.7. The molecular formula is C11H17N3O2S. The zero-order chi connectivity index (χ0) is 12.4. The number of rotatable bonds is 5. The first-order valence-corrected chi connectivity index (χ1v) is 7.44. The third-order valence-corrected chi connectivity index (χ3v) is 3.65. The highest BCUT2D eigenvalue weighted by molar-refractivity contribution is 7.84. The first kappa shape index (κ1) is 12.3. The number of hydrogen-bond donors (Lipinski definition) is 1. The zero-order valence-corrected chi connectivity index (χ0v) is 10.9.